The lowest BCUT2D eigenvalue weighted by atomic mass is 10.1. The lowest BCUT2D eigenvalue weighted by molar-refractivity contribution is -0.130. The van der Waals surface area contributed by atoms with Crippen molar-refractivity contribution in [3.8, 4) is 0 Å². The average molecular weight is 313 g/mol. The van der Waals surface area contributed by atoms with Gasteiger partial charge < -0.3 is 4.74 Å². The highest BCUT2D eigenvalue weighted by Gasteiger charge is 2.23. The number of rotatable bonds is 4. The molecule has 0 amide bonds. The molecule has 23 heavy (non-hydrogen) atoms. The SMILES string of the molecule is O=C1OC(CCc2ccccc2F)=N/C1=C\c1ccccc1F. The predicted molar refractivity (Wildman–Crippen MR) is 82.6 cm³/mol. The number of esters is 1. The van der Waals surface area contributed by atoms with Crippen molar-refractivity contribution < 1.29 is 18.3 Å². The molecular weight excluding hydrogens is 300 g/mol. The zero-order chi connectivity index (χ0) is 16.2. The van der Waals surface area contributed by atoms with Gasteiger partial charge in [-0.3, -0.25) is 0 Å². The van der Waals surface area contributed by atoms with Gasteiger partial charge in [0.2, 0.25) is 0 Å². The van der Waals surface area contributed by atoms with E-state index >= 15 is 0 Å². The van der Waals surface area contributed by atoms with E-state index in [0.29, 0.717) is 18.4 Å². The van der Waals surface area contributed by atoms with Crippen molar-refractivity contribution in [1.82, 2.24) is 0 Å². The van der Waals surface area contributed by atoms with Gasteiger partial charge in [-0.15, -0.1) is 0 Å². The van der Waals surface area contributed by atoms with Crippen molar-refractivity contribution in [3.63, 3.8) is 0 Å². The van der Waals surface area contributed by atoms with Crippen LogP contribution in [0.5, 0.6) is 0 Å². The molecule has 0 aliphatic carbocycles. The quantitative estimate of drug-likeness (QED) is 0.634. The molecule has 2 aromatic rings. The second-order valence-electron chi connectivity index (χ2n) is 5.04. The lowest BCUT2D eigenvalue weighted by Crippen LogP contribution is -2.05. The molecule has 1 aliphatic heterocycles. The van der Waals surface area contributed by atoms with Gasteiger partial charge in [0.15, 0.2) is 11.6 Å². The number of nitrogens with zero attached hydrogens (tertiary/aromatic N) is 1. The van der Waals surface area contributed by atoms with Crippen molar-refractivity contribution in [1.29, 1.82) is 0 Å². The summed E-state index contributed by atoms with van der Waals surface area (Å²) in [5.41, 5.74) is 0.829. The summed E-state index contributed by atoms with van der Waals surface area (Å²) in [6.07, 6.45) is 2.00. The molecule has 3 rings (SSSR count). The summed E-state index contributed by atoms with van der Waals surface area (Å²) in [5, 5.41) is 0. The fraction of sp³-hybridized carbons (Fsp3) is 0.111. The molecule has 5 heteroatoms. The van der Waals surface area contributed by atoms with Crippen LogP contribution in [-0.4, -0.2) is 11.9 Å². The molecule has 0 bridgehead atoms. The predicted octanol–water partition coefficient (Wildman–Crippen LogP) is 3.89. The van der Waals surface area contributed by atoms with E-state index in [1.807, 2.05) is 0 Å². The van der Waals surface area contributed by atoms with Crippen LogP contribution in [0, 0.1) is 11.6 Å². The number of benzene rings is 2. The summed E-state index contributed by atoms with van der Waals surface area (Å²) in [6, 6.07) is 12.5. The molecule has 2 aromatic carbocycles. The Kier molecular flexibility index (Phi) is 4.28. The van der Waals surface area contributed by atoms with Gasteiger partial charge in [0, 0.05) is 12.0 Å². The van der Waals surface area contributed by atoms with E-state index in [4.69, 9.17) is 4.74 Å². The topological polar surface area (TPSA) is 38.7 Å². The Labute approximate surface area is 131 Å². The maximum Gasteiger partial charge on any atom is 0.363 e. The number of halogens is 2. The number of carbonyl (C=O) groups excluding carboxylic acids is 1. The fourth-order valence-corrected chi connectivity index (χ4v) is 2.24. The molecule has 1 aliphatic rings. The van der Waals surface area contributed by atoms with E-state index in [1.165, 1.54) is 18.2 Å². The second-order valence-corrected chi connectivity index (χ2v) is 5.04. The first-order valence-corrected chi connectivity index (χ1v) is 7.13. The second kappa shape index (κ2) is 6.52. The Morgan fingerprint density at radius 3 is 2.39 bits per heavy atom. The van der Waals surface area contributed by atoms with Crippen LogP contribution in [0.3, 0.4) is 0 Å². The minimum Gasteiger partial charge on any atom is -0.407 e. The summed E-state index contributed by atoms with van der Waals surface area (Å²) < 4.78 is 32.2. The van der Waals surface area contributed by atoms with Gasteiger partial charge in [0.05, 0.1) is 0 Å². The summed E-state index contributed by atoms with van der Waals surface area (Å²) in [7, 11) is 0. The van der Waals surface area contributed by atoms with Gasteiger partial charge in [0.1, 0.15) is 11.6 Å². The Hall–Kier alpha value is -2.82. The van der Waals surface area contributed by atoms with E-state index in [2.05, 4.69) is 4.99 Å². The van der Waals surface area contributed by atoms with E-state index in [0.717, 1.165) is 0 Å². The van der Waals surface area contributed by atoms with Crippen LogP contribution in [0.2, 0.25) is 0 Å². The standard InChI is InChI=1S/C18H13F2NO2/c19-14-7-3-1-5-12(14)9-10-17-21-16(18(22)23-17)11-13-6-2-4-8-15(13)20/h1-8,11H,9-10H2/b16-11-. The fourth-order valence-electron chi connectivity index (χ4n) is 2.24. The zero-order valence-electron chi connectivity index (χ0n) is 12.1. The van der Waals surface area contributed by atoms with E-state index in [-0.39, 0.29) is 23.0 Å². The van der Waals surface area contributed by atoms with Crippen LogP contribution >= 0.6 is 0 Å². The molecule has 0 radical (unpaired) electrons. The van der Waals surface area contributed by atoms with E-state index < -0.39 is 11.8 Å². The maximum absolute atomic E-state index is 13.6. The highest BCUT2D eigenvalue weighted by atomic mass is 19.1. The molecule has 116 valence electrons. The molecule has 0 unspecified atom stereocenters. The first-order valence-electron chi connectivity index (χ1n) is 7.13. The number of ether oxygens (including phenoxy) is 1. The first-order chi connectivity index (χ1) is 11.1. The number of hydrogen-bond donors (Lipinski definition) is 0. The van der Waals surface area contributed by atoms with Crippen LogP contribution in [0.4, 0.5) is 8.78 Å². The average Bonchev–Trinajstić information content (AvgIpc) is 2.89. The van der Waals surface area contributed by atoms with Crippen molar-refractivity contribution >= 4 is 17.9 Å². The van der Waals surface area contributed by atoms with E-state index in [9.17, 15) is 13.6 Å². The van der Waals surface area contributed by atoms with Crippen molar-refractivity contribution in [3.05, 3.63) is 77.0 Å². The monoisotopic (exact) mass is 313 g/mol. The lowest BCUT2D eigenvalue weighted by Gasteiger charge is -2.01. The van der Waals surface area contributed by atoms with Crippen LogP contribution in [0.15, 0.2) is 59.2 Å². The van der Waals surface area contributed by atoms with Gasteiger partial charge in [-0.25, -0.2) is 18.6 Å². The van der Waals surface area contributed by atoms with Gasteiger partial charge in [-0.1, -0.05) is 36.4 Å². The molecule has 0 atom stereocenters. The number of cyclic esters (lactones) is 1. The largest absolute Gasteiger partial charge is 0.407 e. The molecular formula is C18H13F2NO2. The minimum atomic E-state index is -0.628. The molecule has 0 saturated heterocycles. The summed E-state index contributed by atoms with van der Waals surface area (Å²) in [4.78, 5) is 15.8. The Balaban J connectivity index is 1.74. The van der Waals surface area contributed by atoms with Crippen molar-refractivity contribution in [2.75, 3.05) is 0 Å². The van der Waals surface area contributed by atoms with Crippen LogP contribution in [0.1, 0.15) is 17.5 Å². The molecule has 0 spiro atoms. The highest BCUT2D eigenvalue weighted by Crippen LogP contribution is 2.19. The smallest absolute Gasteiger partial charge is 0.363 e. The minimum absolute atomic E-state index is 0.0404. The number of hydrogen-bond acceptors (Lipinski definition) is 3. The molecule has 3 nitrogen and oxygen atoms in total. The maximum atomic E-state index is 13.6. The van der Waals surface area contributed by atoms with Gasteiger partial charge in [-0.05, 0) is 30.2 Å². The Morgan fingerprint density at radius 2 is 1.65 bits per heavy atom. The Morgan fingerprint density at radius 1 is 0.957 bits per heavy atom. The van der Waals surface area contributed by atoms with Gasteiger partial charge in [-0.2, -0.15) is 0 Å². The van der Waals surface area contributed by atoms with Crippen LogP contribution in [0.25, 0.3) is 6.08 Å². The molecule has 0 N–H and O–H groups in total. The summed E-state index contributed by atoms with van der Waals surface area (Å²) >= 11 is 0. The zero-order valence-corrected chi connectivity index (χ0v) is 12.1. The normalized spacial score (nSPS) is 15.7. The van der Waals surface area contributed by atoms with Crippen LogP contribution < -0.4 is 0 Å². The molecule has 0 fully saturated rings. The number of carbonyl (C=O) groups is 1. The third-order valence-corrected chi connectivity index (χ3v) is 3.43. The van der Waals surface area contributed by atoms with Gasteiger partial charge in [0.25, 0.3) is 0 Å². The third kappa shape index (κ3) is 3.51. The van der Waals surface area contributed by atoms with E-state index in [1.54, 1.807) is 36.4 Å². The molecule has 0 saturated carbocycles. The molecule has 1 heterocycles. The molecule has 0 aromatic heterocycles. The highest BCUT2D eigenvalue weighted by molar-refractivity contribution is 6.07. The summed E-state index contributed by atoms with van der Waals surface area (Å²) in [6.45, 7) is 0. The van der Waals surface area contributed by atoms with Crippen LogP contribution in [-0.2, 0) is 16.0 Å². The third-order valence-electron chi connectivity index (χ3n) is 3.43. The number of aliphatic imine (C=N–C) groups is 1. The van der Waals surface area contributed by atoms with Crippen molar-refractivity contribution in [2.45, 2.75) is 12.8 Å². The number of aryl methyl sites for hydroxylation is 1. The summed E-state index contributed by atoms with van der Waals surface area (Å²) in [5.74, 6) is -1.17. The van der Waals surface area contributed by atoms with Crippen molar-refractivity contribution in [2.24, 2.45) is 4.99 Å². The first kappa shape index (κ1) is 15.1. The Bertz CT molecular complexity index is 812. The van der Waals surface area contributed by atoms with Gasteiger partial charge >= 0.3 is 5.97 Å².